The van der Waals surface area contributed by atoms with Gasteiger partial charge in [0.05, 0.1) is 6.04 Å². The van der Waals surface area contributed by atoms with E-state index in [1.165, 1.54) is 0 Å². The summed E-state index contributed by atoms with van der Waals surface area (Å²) in [5.41, 5.74) is 4.87. The second-order valence-corrected chi connectivity index (χ2v) is 6.61. The summed E-state index contributed by atoms with van der Waals surface area (Å²) in [6.07, 6.45) is 0.314. The summed E-state index contributed by atoms with van der Waals surface area (Å²) in [6, 6.07) is 13.2. The van der Waals surface area contributed by atoms with Gasteiger partial charge in [0.15, 0.2) is 0 Å². The van der Waals surface area contributed by atoms with Crippen molar-refractivity contribution in [2.24, 2.45) is 0 Å². The molecular weight excluding hydrogens is 314 g/mol. The second kappa shape index (κ2) is 6.97. The van der Waals surface area contributed by atoms with Crippen molar-refractivity contribution in [1.82, 2.24) is 5.32 Å². The lowest BCUT2D eigenvalue weighted by molar-refractivity contribution is -0.117. The van der Waals surface area contributed by atoms with E-state index in [0.29, 0.717) is 13.0 Å². The molecule has 130 valence electrons. The molecule has 0 aromatic heterocycles. The van der Waals surface area contributed by atoms with Crippen LogP contribution >= 0.6 is 0 Å². The third kappa shape index (κ3) is 3.82. The molecule has 0 saturated carbocycles. The van der Waals surface area contributed by atoms with Crippen LogP contribution in [-0.2, 0) is 4.79 Å². The van der Waals surface area contributed by atoms with Gasteiger partial charge in [-0.1, -0.05) is 35.9 Å². The normalized spacial score (nSPS) is 16.8. The summed E-state index contributed by atoms with van der Waals surface area (Å²) in [5, 5.41) is 5.81. The van der Waals surface area contributed by atoms with Gasteiger partial charge in [-0.3, -0.25) is 4.79 Å². The molecule has 1 aliphatic rings. The minimum atomic E-state index is -0.277. The zero-order chi connectivity index (χ0) is 18.0. The van der Waals surface area contributed by atoms with Crippen LogP contribution in [0, 0.1) is 20.8 Å². The van der Waals surface area contributed by atoms with Gasteiger partial charge >= 0.3 is 6.03 Å². The van der Waals surface area contributed by atoms with Gasteiger partial charge in [-0.15, -0.1) is 0 Å². The largest absolute Gasteiger partial charge is 0.333 e. The van der Waals surface area contributed by atoms with Gasteiger partial charge in [0.25, 0.3) is 0 Å². The smallest absolute Gasteiger partial charge is 0.319 e. The molecule has 0 unspecified atom stereocenters. The molecule has 5 heteroatoms. The fourth-order valence-electron chi connectivity index (χ4n) is 3.13. The van der Waals surface area contributed by atoms with E-state index in [4.69, 9.17) is 0 Å². The molecule has 0 bridgehead atoms. The molecule has 3 amide bonds. The minimum Gasteiger partial charge on any atom is -0.333 e. The molecule has 25 heavy (non-hydrogen) atoms. The second-order valence-electron chi connectivity index (χ2n) is 6.61. The highest BCUT2D eigenvalue weighted by atomic mass is 16.2. The van der Waals surface area contributed by atoms with Gasteiger partial charge in [-0.2, -0.15) is 0 Å². The van der Waals surface area contributed by atoms with Crippen LogP contribution < -0.4 is 15.5 Å². The topological polar surface area (TPSA) is 61.4 Å². The van der Waals surface area contributed by atoms with Crippen LogP contribution in [0.1, 0.15) is 23.1 Å². The Morgan fingerprint density at radius 1 is 1.04 bits per heavy atom. The van der Waals surface area contributed by atoms with Gasteiger partial charge in [-0.25, -0.2) is 4.79 Å². The third-order valence-electron chi connectivity index (χ3n) is 4.53. The highest BCUT2D eigenvalue weighted by molar-refractivity contribution is 5.98. The zero-order valence-corrected chi connectivity index (χ0v) is 14.8. The van der Waals surface area contributed by atoms with Crippen molar-refractivity contribution in [3.05, 3.63) is 59.2 Å². The molecule has 0 radical (unpaired) electrons. The number of amides is 3. The van der Waals surface area contributed by atoms with Gasteiger partial charge in [-0.05, 0) is 44.0 Å². The molecule has 1 saturated heterocycles. The number of urea groups is 1. The molecule has 3 rings (SSSR count). The number of aryl methyl sites for hydroxylation is 3. The fraction of sp³-hybridized carbons (Fsp3) is 0.300. The molecule has 0 spiro atoms. The van der Waals surface area contributed by atoms with Crippen molar-refractivity contribution in [1.29, 1.82) is 0 Å². The number of nitrogens with zero attached hydrogens (tertiary/aromatic N) is 1. The summed E-state index contributed by atoms with van der Waals surface area (Å²) in [4.78, 5) is 26.3. The fourth-order valence-corrected chi connectivity index (χ4v) is 3.13. The molecule has 1 heterocycles. The zero-order valence-electron chi connectivity index (χ0n) is 14.8. The molecule has 2 aromatic carbocycles. The average Bonchev–Trinajstić information content (AvgIpc) is 2.92. The van der Waals surface area contributed by atoms with Gasteiger partial charge in [0.1, 0.15) is 0 Å². The lowest BCUT2D eigenvalue weighted by atomic mass is 10.1. The molecular formula is C20H23N3O2. The predicted molar refractivity (Wildman–Crippen MR) is 100 cm³/mol. The molecule has 1 aliphatic heterocycles. The summed E-state index contributed by atoms with van der Waals surface area (Å²) in [7, 11) is 0. The Balaban J connectivity index is 1.63. The van der Waals surface area contributed by atoms with Crippen LogP contribution in [0.3, 0.4) is 0 Å². The maximum Gasteiger partial charge on any atom is 0.319 e. The van der Waals surface area contributed by atoms with Crippen molar-refractivity contribution < 1.29 is 9.59 Å². The van der Waals surface area contributed by atoms with E-state index in [9.17, 15) is 9.59 Å². The Morgan fingerprint density at radius 3 is 2.32 bits per heavy atom. The standard InChI is InChI=1S/C20H23N3O2/c1-13-7-9-17(10-8-13)23-12-16(11-18(23)24)21-20(25)22-19-14(2)5-4-6-15(19)3/h4-10,16H,11-12H2,1-3H3,(H2,21,22,25)/t16-/m1/s1. The van der Waals surface area contributed by atoms with E-state index in [2.05, 4.69) is 10.6 Å². The first-order valence-electron chi connectivity index (χ1n) is 8.45. The van der Waals surface area contributed by atoms with Crippen molar-refractivity contribution in [2.45, 2.75) is 33.2 Å². The van der Waals surface area contributed by atoms with E-state index in [-0.39, 0.29) is 18.0 Å². The summed E-state index contributed by atoms with van der Waals surface area (Å²) >= 11 is 0. The Bertz CT molecular complexity index is 779. The van der Waals surface area contributed by atoms with E-state index in [0.717, 1.165) is 28.1 Å². The molecule has 0 aliphatic carbocycles. The van der Waals surface area contributed by atoms with E-state index in [1.807, 2.05) is 63.2 Å². The monoisotopic (exact) mass is 337 g/mol. The number of rotatable bonds is 3. The van der Waals surface area contributed by atoms with Crippen molar-refractivity contribution in [2.75, 3.05) is 16.8 Å². The van der Waals surface area contributed by atoms with Crippen molar-refractivity contribution in [3.63, 3.8) is 0 Å². The lowest BCUT2D eigenvalue weighted by Gasteiger charge is -2.18. The van der Waals surface area contributed by atoms with Gasteiger partial charge in [0.2, 0.25) is 5.91 Å². The lowest BCUT2D eigenvalue weighted by Crippen LogP contribution is -2.40. The number of hydrogen-bond acceptors (Lipinski definition) is 2. The van der Waals surface area contributed by atoms with Crippen molar-refractivity contribution in [3.8, 4) is 0 Å². The first-order chi connectivity index (χ1) is 11.9. The first-order valence-corrected chi connectivity index (χ1v) is 8.45. The first kappa shape index (κ1) is 17.0. The molecule has 1 atom stereocenters. The molecule has 5 nitrogen and oxygen atoms in total. The Hall–Kier alpha value is -2.82. The van der Waals surface area contributed by atoms with Gasteiger partial charge in [0, 0.05) is 24.3 Å². The van der Waals surface area contributed by atoms with Crippen molar-refractivity contribution >= 4 is 23.3 Å². The molecule has 2 aromatic rings. The average molecular weight is 337 g/mol. The molecule has 2 N–H and O–H groups in total. The van der Waals surface area contributed by atoms with Gasteiger partial charge < -0.3 is 15.5 Å². The number of nitrogens with one attached hydrogen (secondary N) is 2. The van der Waals surface area contributed by atoms with E-state index in [1.54, 1.807) is 4.90 Å². The van der Waals surface area contributed by atoms with Crippen LogP contribution in [0.2, 0.25) is 0 Å². The summed E-state index contributed by atoms with van der Waals surface area (Å²) in [6.45, 7) is 6.42. The maximum absolute atomic E-state index is 12.3. The number of hydrogen-bond donors (Lipinski definition) is 2. The van der Waals surface area contributed by atoms with Crippen LogP contribution in [-0.4, -0.2) is 24.5 Å². The number of benzene rings is 2. The Kier molecular flexibility index (Phi) is 4.74. The highest BCUT2D eigenvalue weighted by Gasteiger charge is 2.31. The van der Waals surface area contributed by atoms with E-state index >= 15 is 0 Å². The predicted octanol–water partition coefficient (Wildman–Crippen LogP) is 3.54. The Labute approximate surface area is 148 Å². The van der Waals surface area contributed by atoms with E-state index < -0.39 is 0 Å². The number of carbonyl (C=O) groups is 2. The van der Waals surface area contributed by atoms with Crippen LogP contribution in [0.15, 0.2) is 42.5 Å². The highest BCUT2D eigenvalue weighted by Crippen LogP contribution is 2.23. The summed E-state index contributed by atoms with van der Waals surface area (Å²) in [5.74, 6) is 0.0289. The quantitative estimate of drug-likeness (QED) is 0.900. The van der Waals surface area contributed by atoms with Crippen LogP contribution in [0.4, 0.5) is 16.2 Å². The minimum absolute atomic E-state index is 0.0289. The third-order valence-corrected chi connectivity index (χ3v) is 4.53. The number of para-hydroxylation sites is 1. The number of carbonyl (C=O) groups excluding carboxylic acids is 2. The van der Waals surface area contributed by atoms with Crippen LogP contribution in [0.5, 0.6) is 0 Å². The van der Waals surface area contributed by atoms with Crippen LogP contribution in [0.25, 0.3) is 0 Å². The molecule has 1 fully saturated rings. The summed E-state index contributed by atoms with van der Waals surface area (Å²) < 4.78 is 0. The number of anilines is 2. The SMILES string of the molecule is Cc1ccc(N2C[C@H](NC(=O)Nc3c(C)cccc3C)CC2=O)cc1. The maximum atomic E-state index is 12.3. The Morgan fingerprint density at radius 2 is 1.68 bits per heavy atom.